The van der Waals surface area contributed by atoms with Gasteiger partial charge in [-0.2, -0.15) is 13.2 Å². The minimum absolute atomic E-state index is 0.0351. The van der Waals surface area contributed by atoms with Gasteiger partial charge in [-0.25, -0.2) is 8.42 Å². The first-order chi connectivity index (χ1) is 12.6. The van der Waals surface area contributed by atoms with E-state index in [1.54, 1.807) is 0 Å². The van der Waals surface area contributed by atoms with E-state index in [0.29, 0.717) is 12.1 Å². The fourth-order valence-electron chi connectivity index (χ4n) is 2.75. The van der Waals surface area contributed by atoms with Gasteiger partial charge in [0.25, 0.3) is 5.91 Å². The number of amides is 1. The molecular formula is C17H16F3N3O3S. The first-order valence-corrected chi connectivity index (χ1v) is 9.85. The predicted molar refractivity (Wildman–Crippen MR) is 93.5 cm³/mol. The molecule has 1 amide bonds. The lowest BCUT2D eigenvalue weighted by atomic mass is 10.2. The van der Waals surface area contributed by atoms with Gasteiger partial charge >= 0.3 is 6.18 Å². The number of halogens is 3. The zero-order valence-corrected chi connectivity index (χ0v) is 14.8. The lowest BCUT2D eigenvalue weighted by Gasteiger charge is -2.13. The zero-order valence-electron chi connectivity index (χ0n) is 14.0. The number of rotatable bonds is 4. The van der Waals surface area contributed by atoms with Crippen LogP contribution in [-0.4, -0.2) is 36.9 Å². The molecular weight excluding hydrogens is 383 g/mol. The molecule has 1 unspecified atom stereocenters. The quantitative estimate of drug-likeness (QED) is 0.826. The van der Waals surface area contributed by atoms with Gasteiger partial charge in [-0.1, -0.05) is 6.07 Å². The lowest BCUT2D eigenvalue weighted by molar-refractivity contribution is -0.137. The molecule has 1 aromatic carbocycles. The van der Waals surface area contributed by atoms with E-state index in [4.69, 9.17) is 0 Å². The van der Waals surface area contributed by atoms with Gasteiger partial charge < -0.3 is 10.6 Å². The monoisotopic (exact) mass is 399 g/mol. The molecule has 0 spiro atoms. The molecule has 0 bridgehead atoms. The number of aromatic nitrogens is 1. The number of alkyl halides is 3. The smallest absolute Gasteiger partial charge is 0.354 e. The van der Waals surface area contributed by atoms with Crippen LogP contribution >= 0.6 is 0 Å². The van der Waals surface area contributed by atoms with Crippen LogP contribution in [0.2, 0.25) is 0 Å². The van der Waals surface area contributed by atoms with Crippen molar-refractivity contribution in [1.82, 2.24) is 10.3 Å². The second kappa shape index (κ2) is 7.18. The van der Waals surface area contributed by atoms with E-state index < -0.39 is 33.5 Å². The standard InChI is InChI=1S/C17H16F3N3O3S/c18-17(19,20)12-2-1-3-13(7-12)22-15-6-11(8-21-9-15)16(24)23-14-4-5-27(25,26)10-14/h1-3,6-9,14,22H,4-5,10H2,(H,23,24). The Balaban J connectivity index is 1.71. The Morgan fingerprint density at radius 1 is 1.15 bits per heavy atom. The molecule has 1 aliphatic heterocycles. The molecule has 1 aliphatic rings. The number of benzene rings is 1. The minimum Gasteiger partial charge on any atom is -0.354 e. The van der Waals surface area contributed by atoms with Crippen LogP contribution in [0, 0.1) is 0 Å². The summed E-state index contributed by atoms with van der Waals surface area (Å²) in [5.74, 6) is -0.556. The van der Waals surface area contributed by atoms with Crippen molar-refractivity contribution in [2.75, 3.05) is 16.8 Å². The maximum Gasteiger partial charge on any atom is 0.416 e. The highest BCUT2D eigenvalue weighted by atomic mass is 32.2. The molecule has 1 aromatic heterocycles. The van der Waals surface area contributed by atoms with Crippen LogP contribution in [0.5, 0.6) is 0 Å². The summed E-state index contributed by atoms with van der Waals surface area (Å²) >= 11 is 0. The Kier molecular flexibility index (Phi) is 5.09. The maximum absolute atomic E-state index is 12.8. The molecule has 2 heterocycles. The molecule has 2 aromatic rings. The number of hydrogen-bond acceptors (Lipinski definition) is 5. The van der Waals surface area contributed by atoms with Crippen molar-refractivity contribution >= 4 is 27.1 Å². The Labute approximate surface area is 153 Å². The molecule has 6 nitrogen and oxygen atoms in total. The third-order valence-corrected chi connectivity index (χ3v) is 5.81. The Morgan fingerprint density at radius 2 is 1.93 bits per heavy atom. The second-order valence-electron chi connectivity index (χ2n) is 6.24. The molecule has 10 heteroatoms. The number of anilines is 2. The molecule has 0 saturated carbocycles. The van der Waals surface area contributed by atoms with Crippen LogP contribution in [0.4, 0.5) is 24.5 Å². The summed E-state index contributed by atoms with van der Waals surface area (Å²) in [6.45, 7) is 0. The van der Waals surface area contributed by atoms with E-state index in [1.165, 1.54) is 30.6 Å². The van der Waals surface area contributed by atoms with E-state index in [9.17, 15) is 26.4 Å². The number of nitrogens with zero attached hydrogens (tertiary/aromatic N) is 1. The Hall–Kier alpha value is -2.62. The lowest BCUT2D eigenvalue weighted by Crippen LogP contribution is -2.35. The number of carbonyl (C=O) groups is 1. The molecule has 1 saturated heterocycles. The maximum atomic E-state index is 12.8. The van der Waals surface area contributed by atoms with Crippen molar-refractivity contribution in [3.8, 4) is 0 Å². The van der Waals surface area contributed by atoms with Crippen LogP contribution in [0.25, 0.3) is 0 Å². The van der Waals surface area contributed by atoms with Crippen LogP contribution in [-0.2, 0) is 16.0 Å². The summed E-state index contributed by atoms with van der Waals surface area (Å²) in [6.07, 6.45) is -1.43. The summed E-state index contributed by atoms with van der Waals surface area (Å²) in [5, 5.41) is 5.42. The normalized spacial score (nSPS) is 18.9. The van der Waals surface area contributed by atoms with Gasteiger partial charge in [-0.3, -0.25) is 9.78 Å². The zero-order chi connectivity index (χ0) is 19.7. The van der Waals surface area contributed by atoms with Gasteiger partial charge in [-0.15, -0.1) is 0 Å². The van der Waals surface area contributed by atoms with Gasteiger partial charge in [0.1, 0.15) is 0 Å². The molecule has 27 heavy (non-hydrogen) atoms. The number of pyridine rings is 1. The van der Waals surface area contributed by atoms with Crippen molar-refractivity contribution in [3.63, 3.8) is 0 Å². The van der Waals surface area contributed by atoms with Crippen molar-refractivity contribution < 1.29 is 26.4 Å². The van der Waals surface area contributed by atoms with Crippen molar-refractivity contribution in [3.05, 3.63) is 53.9 Å². The molecule has 1 atom stereocenters. The van der Waals surface area contributed by atoms with Crippen molar-refractivity contribution in [2.24, 2.45) is 0 Å². The summed E-state index contributed by atoms with van der Waals surface area (Å²) in [7, 11) is -3.12. The highest BCUT2D eigenvalue weighted by molar-refractivity contribution is 7.91. The average Bonchev–Trinajstić information content (AvgIpc) is 2.93. The highest BCUT2D eigenvalue weighted by Crippen LogP contribution is 2.31. The molecule has 3 rings (SSSR count). The van der Waals surface area contributed by atoms with Crippen molar-refractivity contribution in [2.45, 2.75) is 18.6 Å². The van der Waals surface area contributed by atoms with Gasteiger partial charge in [0.15, 0.2) is 9.84 Å². The number of sulfone groups is 1. The van der Waals surface area contributed by atoms with Gasteiger partial charge in [-0.05, 0) is 30.7 Å². The third kappa shape index (κ3) is 4.97. The molecule has 144 valence electrons. The topological polar surface area (TPSA) is 88.2 Å². The molecule has 0 aliphatic carbocycles. The van der Waals surface area contributed by atoms with Crippen LogP contribution in [0.15, 0.2) is 42.7 Å². The summed E-state index contributed by atoms with van der Waals surface area (Å²) in [5.41, 5.74) is -0.0832. The van der Waals surface area contributed by atoms with E-state index in [2.05, 4.69) is 15.6 Å². The fraction of sp³-hybridized carbons (Fsp3) is 0.294. The largest absolute Gasteiger partial charge is 0.416 e. The summed E-state index contributed by atoms with van der Waals surface area (Å²) < 4.78 is 61.3. The van der Waals surface area contributed by atoms with Crippen molar-refractivity contribution in [1.29, 1.82) is 0 Å². The van der Waals surface area contributed by atoms with E-state index in [-0.39, 0.29) is 22.8 Å². The minimum atomic E-state index is -4.46. The van der Waals surface area contributed by atoms with Crippen LogP contribution < -0.4 is 10.6 Å². The number of hydrogen-bond donors (Lipinski definition) is 2. The van der Waals surface area contributed by atoms with Gasteiger partial charge in [0, 0.05) is 17.9 Å². The highest BCUT2D eigenvalue weighted by Gasteiger charge is 2.31. The van der Waals surface area contributed by atoms with E-state index >= 15 is 0 Å². The van der Waals surface area contributed by atoms with Gasteiger partial charge in [0.2, 0.25) is 0 Å². The first-order valence-electron chi connectivity index (χ1n) is 8.03. The summed E-state index contributed by atoms with van der Waals surface area (Å²) in [4.78, 5) is 16.2. The van der Waals surface area contributed by atoms with E-state index in [1.807, 2.05) is 0 Å². The molecule has 2 N–H and O–H groups in total. The molecule has 0 radical (unpaired) electrons. The fourth-order valence-corrected chi connectivity index (χ4v) is 4.42. The van der Waals surface area contributed by atoms with Gasteiger partial charge in [0.05, 0.1) is 34.5 Å². The SMILES string of the molecule is O=C(NC1CCS(=O)(=O)C1)c1cncc(Nc2cccc(C(F)(F)F)c2)c1. The first kappa shape index (κ1) is 19.2. The van der Waals surface area contributed by atoms with Crippen LogP contribution in [0.1, 0.15) is 22.3 Å². The number of carbonyl (C=O) groups excluding carboxylic acids is 1. The average molecular weight is 399 g/mol. The second-order valence-corrected chi connectivity index (χ2v) is 8.47. The third-order valence-electron chi connectivity index (χ3n) is 4.05. The Morgan fingerprint density at radius 3 is 2.59 bits per heavy atom. The summed E-state index contributed by atoms with van der Waals surface area (Å²) in [6, 6.07) is 5.63. The van der Waals surface area contributed by atoms with E-state index in [0.717, 1.165) is 12.1 Å². The predicted octanol–water partition coefficient (Wildman–Crippen LogP) is 2.76. The van der Waals surface area contributed by atoms with Crippen LogP contribution in [0.3, 0.4) is 0 Å². The number of nitrogens with one attached hydrogen (secondary N) is 2. The molecule has 1 fully saturated rings. The Bertz CT molecular complexity index is 961.